The van der Waals surface area contributed by atoms with Crippen molar-refractivity contribution in [2.45, 2.75) is 45.7 Å². The number of rotatable bonds is 4. The fourth-order valence-electron chi connectivity index (χ4n) is 3.85. The number of hydrogen-bond donors (Lipinski definition) is 1. The first-order chi connectivity index (χ1) is 8.22. The van der Waals surface area contributed by atoms with Crippen LogP contribution in [0.15, 0.2) is 30.3 Å². The van der Waals surface area contributed by atoms with Crippen LogP contribution < -0.4 is 5.32 Å². The van der Waals surface area contributed by atoms with E-state index in [-0.39, 0.29) is 0 Å². The third-order valence-electron chi connectivity index (χ3n) is 5.15. The fraction of sp³-hybridized carbons (Fsp3) is 0.625. The lowest BCUT2D eigenvalue weighted by atomic mass is 9.90. The lowest BCUT2D eigenvalue weighted by Gasteiger charge is -2.15. The largest absolute Gasteiger partial charge is 0.310 e. The molecule has 0 bridgehead atoms. The Morgan fingerprint density at radius 2 is 2.06 bits per heavy atom. The second kappa shape index (κ2) is 4.13. The van der Waals surface area contributed by atoms with Crippen molar-refractivity contribution in [2.75, 3.05) is 0 Å². The van der Waals surface area contributed by atoms with Crippen LogP contribution in [-0.2, 0) is 6.54 Å². The van der Waals surface area contributed by atoms with Crippen LogP contribution in [-0.4, -0.2) is 6.04 Å². The molecule has 0 aliphatic heterocycles. The quantitative estimate of drug-likeness (QED) is 0.832. The van der Waals surface area contributed by atoms with Gasteiger partial charge < -0.3 is 5.32 Å². The van der Waals surface area contributed by atoms with Crippen LogP contribution in [0, 0.1) is 17.3 Å². The number of nitrogens with one attached hydrogen (secondary N) is 1. The van der Waals surface area contributed by atoms with Gasteiger partial charge in [0.1, 0.15) is 0 Å². The lowest BCUT2D eigenvalue weighted by molar-refractivity contribution is 0.342. The van der Waals surface area contributed by atoms with Crippen molar-refractivity contribution in [2.24, 2.45) is 17.3 Å². The average Bonchev–Trinajstić information content (AvgIpc) is 2.98. The van der Waals surface area contributed by atoms with E-state index in [1.165, 1.54) is 24.8 Å². The highest BCUT2D eigenvalue weighted by Crippen LogP contribution is 2.67. The SMILES string of the molecule is CC(C)[C@@]12CC[C@H](NCc3ccccc3)[C@@H]1C2. The molecule has 3 atom stereocenters. The summed E-state index contributed by atoms with van der Waals surface area (Å²) in [6, 6.07) is 11.5. The van der Waals surface area contributed by atoms with Gasteiger partial charge in [0.15, 0.2) is 0 Å². The molecular weight excluding hydrogens is 206 g/mol. The van der Waals surface area contributed by atoms with Crippen LogP contribution in [0.3, 0.4) is 0 Å². The van der Waals surface area contributed by atoms with E-state index in [0.29, 0.717) is 5.41 Å². The molecule has 0 saturated heterocycles. The standard InChI is InChI=1S/C16H23N/c1-12(2)16-9-8-15(14(16)10-16)17-11-13-6-4-3-5-7-13/h3-7,12,14-15,17H,8-11H2,1-2H3/t14-,15-,16-/m0/s1. The van der Waals surface area contributed by atoms with E-state index in [4.69, 9.17) is 0 Å². The van der Waals surface area contributed by atoms with E-state index in [1.54, 1.807) is 0 Å². The maximum atomic E-state index is 3.77. The Bertz CT molecular complexity index is 384. The molecule has 17 heavy (non-hydrogen) atoms. The second-order valence-corrected chi connectivity index (χ2v) is 6.21. The predicted octanol–water partition coefficient (Wildman–Crippen LogP) is 3.60. The molecule has 0 aromatic heterocycles. The van der Waals surface area contributed by atoms with E-state index >= 15 is 0 Å². The van der Waals surface area contributed by atoms with Crippen LogP contribution >= 0.6 is 0 Å². The molecule has 0 unspecified atom stereocenters. The molecule has 2 aliphatic rings. The van der Waals surface area contributed by atoms with E-state index in [9.17, 15) is 0 Å². The highest BCUT2D eigenvalue weighted by molar-refractivity contribution is 5.17. The van der Waals surface area contributed by atoms with E-state index in [2.05, 4.69) is 49.5 Å². The first kappa shape index (κ1) is 11.3. The minimum Gasteiger partial charge on any atom is -0.310 e. The number of benzene rings is 1. The molecule has 0 radical (unpaired) electrons. The minimum absolute atomic E-state index is 0.717. The Kier molecular flexibility index (Phi) is 2.74. The van der Waals surface area contributed by atoms with Crippen LogP contribution in [0.5, 0.6) is 0 Å². The summed E-state index contributed by atoms with van der Waals surface area (Å²) >= 11 is 0. The van der Waals surface area contributed by atoms with Crippen molar-refractivity contribution in [3.05, 3.63) is 35.9 Å². The molecule has 0 heterocycles. The Morgan fingerprint density at radius 1 is 1.29 bits per heavy atom. The van der Waals surface area contributed by atoms with Gasteiger partial charge in [0, 0.05) is 12.6 Å². The molecule has 2 fully saturated rings. The van der Waals surface area contributed by atoms with Crippen molar-refractivity contribution in [1.29, 1.82) is 0 Å². The third-order valence-corrected chi connectivity index (χ3v) is 5.15. The van der Waals surface area contributed by atoms with Crippen molar-refractivity contribution in [3.63, 3.8) is 0 Å². The Hall–Kier alpha value is -0.820. The van der Waals surface area contributed by atoms with Gasteiger partial charge in [-0.25, -0.2) is 0 Å². The summed E-state index contributed by atoms with van der Waals surface area (Å²) in [6.07, 6.45) is 4.30. The zero-order valence-corrected chi connectivity index (χ0v) is 10.9. The normalized spacial score (nSPS) is 35.0. The Labute approximate surface area is 105 Å². The molecule has 1 aromatic carbocycles. The Balaban J connectivity index is 1.56. The first-order valence-electron chi connectivity index (χ1n) is 7.00. The van der Waals surface area contributed by atoms with Gasteiger partial charge >= 0.3 is 0 Å². The highest BCUT2D eigenvalue weighted by Gasteiger charge is 2.62. The molecule has 3 rings (SSSR count). The molecule has 1 N–H and O–H groups in total. The topological polar surface area (TPSA) is 12.0 Å². The van der Waals surface area contributed by atoms with E-state index in [0.717, 1.165) is 24.4 Å². The van der Waals surface area contributed by atoms with Crippen molar-refractivity contribution >= 4 is 0 Å². The summed E-state index contributed by atoms with van der Waals surface area (Å²) in [5.41, 5.74) is 2.13. The summed E-state index contributed by atoms with van der Waals surface area (Å²) in [6.45, 7) is 5.84. The highest BCUT2D eigenvalue weighted by atomic mass is 15.0. The van der Waals surface area contributed by atoms with Gasteiger partial charge in [-0.1, -0.05) is 44.2 Å². The van der Waals surface area contributed by atoms with Gasteiger partial charge in [0.2, 0.25) is 0 Å². The summed E-state index contributed by atoms with van der Waals surface area (Å²) < 4.78 is 0. The first-order valence-corrected chi connectivity index (χ1v) is 7.00. The second-order valence-electron chi connectivity index (χ2n) is 6.21. The molecule has 1 aromatic rings. The van der Waals surface area contributed by atoms with E-state index < -0.39 is 0 Å². The maximum Gasteiger partial charge on any atom is 0.0208 e. The van der Waals surface area contributed by atoms with Gasteiger partial charge in [-0.3, -0.25) is 0 Å². The summed E-state index contributed by atoms with van der Waals surface area (Å²) in [4.78, 5) is 0. The van der Waals surface area contributed by atoms with Gasteiger partial charge in [0.05, 0.1) is 0 Å². The van der Waals surface area contributed by atoms with Crippen LogP contribution in [0.25, 0.3) is 0 Å². The molecule has 1 nitrogen and oxygen atoms in total. The van der Waals surface area contributed by atoms with Gasteiger partial charge in [-0.05, 0) is 42.1 Å². The maximum absolute atomic E-state index is 3.77. The number of fused-ring (bicyclic) bond motifs is 1. The van der Waals surface area contributed by atoms with Crippen molar-refractivity contribution in [1.82, 2.24) is 5.32 Å². The zero-order chi connectivity index (χ0) is 11.9. The summed E-state index contributed by atoms with van der Waals surface area (Å²) in [7, 11) is 0. The minimum atomic E-state index is 0.717. The van der Waals surface area contributed by atoms with Crippen molar-refractivity contribution < 1.29 is 0 Å². The molecular formula is C16H23N. The number of hydrogen-bond acceptors (Lipinski definition) is 1. The molecule has 2 saturated carbocycles. The predicted molar refractivity (Wildman–Crippen MR) is 71.7 cm³/mol. The van der Waals surface area contributed by atoms with Crippen LogP contribution in [0.2, 0.25) is 0 Å². The average molecular weight is 229 g/mol. The monoisotopic (exact) mass is 229 g/mol. The van der Waals surface area contributed by atoms with Crippen molar-refractivity contribution in [3.8, 4) is 0 Å². The van der Waals surface area contributed by atoms with Crippen LogP contribution in [0.1, 0.15) is 38.7 Å². The molecule has 0 amide bonds. The van der Waals surface area contributed by atoms with E-state index in [1.807, 2.05) is 0 Å². The molecule has 0 spiro atoms. The molecule has 1 heteroatoms. The lowest BCUT2D eigenvalue weighted by Crippen LogP contribution is -2.28. The molecule has 2 aliphatic carbocycles. The Morgan fingerprint density at radius 3 is 2.65 bits per heavy atom. The fourth-order valence-corrected chi connectivity index (χ4v) is 3.85. The van der Waals surface area contributed by atoms with Gasteiger partial charge in [-0.2, -0.15) is 0 Å². The van der Waals surface area contributed by atoms with Gasteiger partial charge in [-0.15, -0.1) is 0 Å². The van der Waals surface area contributed by atoms with Crippen LogP contribution in [0.4, 0.5) is 0 Å². The van der Waals surface area contributed by atoms with Gasteiger partial charge in [0.25, 0.3) is 0 Å². The zero-order valence-electron chi connectivity index (χ0n) is 10.9. The summed E-state index contributed by atoms with van der Waals surface area (Å²) in [5.74, 6) is 1.84. The third kappa shape index (κ3) is 1.91. The summed E-state index contributed by atoms with van der Waals surface area (Å²) in [5, 5.41) is 3.77. The smallest absolute Gasteiger partial charge is 0.0208 e. The molecule has 92 valence electrons.